The average Bonchev–Trinajstić information content (AvgIpc) is 2.27. The van der Waals surface area contributed by atoms with Gasteiger partial charge >= 0.3 is 0 Å². The summed E-state index contributed by atoms with van der Waals surface area (Å²) in [4.78, 5) is 12.0. The summed E-state index contributed by atoms with van der Waals surface area (Å²) in [6.45, 7) is 6.11. The lowest BCUT2D eigenvalue weighted by Gasteiger charge is -2.18. The van der Waals surface area contributed by atoms with Crippen LogP contribution in [0.5, 0.6) is 5.75 Å². The molecule has 1 amide bonds. The number of phenolic OH excluding ortho intramolecular Hbond substituents is 1. The molecule has 2 N–H and O–H groups in total. The van der Waals surface area contributed by atoms with E-state index in [1.807, 2.05) is 13.0 Å². The molecular formula is C14H20BrNO2. The van der Waals surface area contributed by atoms with Crippen molar-refractivity contribution in [1.82, 2.24) is 5.32 Å². The van der Waals surface area contributed by atoms with Gasteiger partial charge in [0.25, 0.3) is 5.91 Å². The second kappa shape index (κ2) is 6.78. The van der Waals surface area contributed by atoms with E-state index in [1.165, 1.54) is 0 Å². The van der Waals surface area contributed by atoms with Crippen molar-refractivity contribution in [2.45, 2.75) is 33.2 Å². The van der Waals surface area contributed by atoms with Gasteiger partial charge in [0.1, 0.15) is 5.75 Å². The number of halogens is 1. The largest absolute Gasteiger partial charge is 0.507 e. The van der Waals surface area contributed by atoms with Gasteiger partial charge in [-0.2, -0.15) is 0 Å². The zero-order valence-corrected chi connectivity index (χ0v) is 12.6. The van der Waals surface area contributed by atoms with Crippen molar-refractivity contribution in [3.8, 4) is 5.75 Å². The molecule has 0 aliphatic rings. The number of rotatable bonds is 5. The summed E-state index contributed by atoms with van der Waals surface area (Å²) in [6.07, 6.45) is 0.906. The topological polar surface area (TPSA) is 49.3 Å². The van der Waals surface area contributed by atoms with E-state index in [0.29, 0.717) is 16.8 Å². The molecule has 4 heteroatoms. The lowest BCUT2D eigenvalue weighted by Crippen LogP contribution is -2.37. The highest BCUT2D eigenvalue weighted by atomic mass is 79.9. The van der Waals surface area contributed by atoms with Gasteiger partial charge in [0, 0.05) is 11.4 Å². The van der Waals surface area contributed by atoms with E-state index in [1.54, 1.807) is 12.1 Å². The number of carbonyl (C=O) groups excluding carboxylic acids is 1. The molecule has 0 spiro atoms. The second-order valence-corrected chi connectivity index (χ2v) is 5.62. The van der Waals surface area contributed by atoms with E-state index in [0.717, 1.165) is 12.0 Å². The van der Waals surface area contributed by atoms with Gasteiger partial charge in [0.05, 0.1) is 5.56 Å². The molecule has 1 unspecified atom stereocenters. The van der Waals surface area contributed by atoms with Crippen LogP contribution in [0.3, 0.4) is 0 Å². The summed E-state index contributed by atoms with van der Waals surface area (Å²) < 4.78 is 0. The number of alkyl halides is 1. The van der Waals surface area contributed by atoms with Crippen molar-refractivity contribution in [3.05, 3.63) is 29.3 Å². The van der Waals surface area contributed by atoms with Crippen LogP contribution in [0, 0.1) is 12.8 Å². The van der Waals surface area contributed by atoms with E-state index in [-0.39, 0.29) is 17.7 Å². The molecule has 3 nitrogen and oxygen atoms in total. The molecule has 0 aromatic heterocycles. The Hall–Kier alpha value is -1.03. The highest BCUT2D eigenvalue weighted by Gasteiger charge is 2.16. The Bertz CT molecular complexity index is 418. The first-order valence-corrected chi connectivity index (χ1v) is 7.22. The number of hydrogen-bond acceptors (Lipinski definition) is 2. The van der Waals surface area contributed by atoms with Gasteiger partial charge in [-0.25, -0.2) is 0 Å². The summed E-state index contributed by atoms with van der Waals surface area (Å²) in [5, 5.41) is 13.4. The maximum absolute atomic E-state index is 12.0. The normalized spacial score (nSPS) is 12.5. The van der Waals surface area contributed by atoms with E-state index in [9.17, 15) is 9.90 Å². The van der Waals surface area contributed by atoms with Crippen LogP contribution in [0.4, 0.5) is 0 Å². The Labute approximate surface area is 117 Å². The van der Waals surface area contributed by atoms with Crippen LogP contribution in [0.25, 0.3) is 0 Å². The number of aromatic hydroxyl groups is 1. The van der Waals surface area contributed by atoms with Gasteiger partial charge in [0.15, 0.2) is 0 Å². The predicted octanol–water partition coefficient (Wildman–Crippen LogP) is 3.24. The molecule has 0 heterocycles. The first kappa shape index (κ1) is 15.0. The first-order chi connectivity index (χ1) is 8.43. The molecule has 1 atom stereocenters. The van der Waals surface area contributed by atoms with E-state index in [4.69, 9.17) is 0 Å². The Morgan fingerprint density at radius 2 is 2.11 bits per heavy atom. The maximum atomic E-state index is 12.0. The molecular weight excluding hydrogens is 294 g/mol. The van der Waals surface area contributed by atoms with Crippen LogP contribution in [-0.4, -0.2) is 22.4 Å². The molecule has 0 saturated heterocycles. The van der Waals surface area contributed by atoms with E-state index >= 15 is 0 Å². The number of carbonyl (C=O) groups is 1. The van der Waals surface area contributed by atoms with Crippen LogP contribution in [-0.2, 0) is 0 Å². The van der Waals surface area contributed by atoms with Gasteiger partial charge in [-0.05, 0) is 37.0 Å². The molecule has 0 fully saturated rings. The van der Waals surface area contributed by atoms with Crippen molar-refractivity contribution in [1.29, 1.82) is 0 Å². The standard InChI is InChI=1S/C14H20BrNO2/c1-9(2)6-11(8-15)16-14(18)12-5-4-10(3)7-13(12)17/h4-5,7,9,11,17H,6,8H2,1-3H3,(H,16,18). The number of phenols is 1. The summed E-state index contributed by atoms with van der Waals surface area (Å²) >= 11 is 3.40. The number of nitrogens with one attached hydrogen (secondary N) is 1. The molecule has 1 aromatic carbocycles. The quantitative estimate of drug-likeness (QED) is 0.820. The van der Waals surface area contributed by atoms with Crippen molar-refractivity contribution in [2.24, 2.45) is 5.92 Å². The highest BCUT2D eigenvalue weighted by Crippen LogP contribution is 2.19. The van der Waals surface area contributed by atoms with Crippen molar-refractivity contribution >= 4 is 21.8 Å². The lowest BCUT2D eigenvalue weighted by atomic mass is 10.0. The van der Waals surface area contributed by atoms with Crippen LogP contribution in [0.2, 0.25) is 0 Å². The van der Waals surface area contributed by atoms with Gasteiger partial charge in [0.2, 0.25) is 0 Å². The molecule has 0 radical (unpaired) electrons. The molecule has 18 heavy (non-hydrogen) atoms. The van der Waals surface area contributed by atoms with E-state index < -0.39 is 0 Å². The molecule has 1 aromatic rings. The summed E-state index contributed by atoms with van der Waals surface area (Å²) in [7, 11) is 0. The second-order valence-electron chi connectivity index (χ2n) is 4.97. The Morgan fingerprint density at radius 1 is 1.44 bits per heavy atom. The summed E-state index contributed by atoms with van der Waals surface area (Å²) in [5.41, 5.74) is 1.26. The van der Waals surface area contributed by atoms with Crippen molar-refractivity contribution < 1.29 is 9.90 Å². The van der Waals surface area contributed by atoms with Crippen molar-refractivity contribution in [3.63, 3.8) is 0 Å². The first-order valence-electron chi connectivity index (χ1n) is 6.10. The molecule has 0 saturated carbocycles. The number of aryl methyl sites for hydroxylation is 1. The van der Waals surface area contributed by atoms with Gasteiger partial charge < -0.3 is 10.4 Å². The third kappa shape index (κ3) is 4.33. The van der Waals surface area contributed by atoms with E-state index in [2.05, 4.69) is 35.1 Å². The third-order valence-corrected chi connectivity index (χ3v) is 3.46. The van der Waals surface area contributed by atoms with Gasteiger partial charge in [-0.3, -0.25) is 4.79 Å². The molecule has 1 rings (SSSR count). The number of hydrogen-bond donors (Lipinski definition) is 2. The summed E-state index contributed by atoms with van der Waals surface area (Å²) in [5.74, 6) is 0.322. The molecule has 100 valence electrons. The van der Waals surface area contributed by atoms with Crippen LogP contribution in [0.1, 0.15) is 36.2 Å². The molecule has 0 aliphatic carbocycles. The van der Waals surface area contributed by atoms with Gasteiger partial charge in [-0.15, -0.1) is 0 Å². The van der Waals surface area contributed by atoms with Crippen LogP contribution in [0.15, 0.2) is 18.2 Å². The lowest BCUT2D eigenvalue weighted by molar-refractivity contribution is 0.0934. The fraction of sp³-hybridized carbons (Fsp3) is 0.500. The Balaban J connectivity index is 2.74. The Kier molecular flexibility index (Phi) is 5.66. The fourth-order valence-electron chi connectivity index (χ4n) is 1.83. The predicted molar refractivity (Wildman–Crippen MR) is 77.3 cm³/mol. The fourth-order valence-corrected chi connectivity index (χ4v) is 2.25. The van der Waals surface area contributed by atoms with Crippen molar-refractivity contribution in [2.75, 3.05) is 5.33 Å². The minimum absolute atomic E-state index is 0.0327. The minimum Gasteiger partial charge on any atom is -0.507 e. The Morgan fingerprint density at radius 3 is 2.61 bits per heavy atom. The number of benzene rings is 1. The minimum atomic E-state index is -0.224. The SMILES string of the molecule is Cc1ccc(C(=O)NC(CBr)CC(C)C)c(O)c1. The number of amides is 1. The molecule has 0 bridgehead atoms. The van der Waals surface area contributed by atoms with Crippen LogP contribution < -0.4 is 5.32 Å². The smallest absolute Gasteiger partial charge is 0.255 e. The zero-order chi connectivity index (χ0) is 13.7. The van der Waals surface area contributed by atoms with Crippen LogP contribution >= 0.6 is 15.9 Å². The third-order valence-electron chi connectivity index (χ3n) is 2.68. The monoisotopic (exact) mass is 313 g/mol. The average molecular weight is 314 g/mol. The molecule has 0 aliphatic heterocycles. The maximum Gasteiger partial charge on any atom is 0.255 e. The van der Waals surface area contributed by atoms with Gasteiger partial charge in [-0.1, -0.05) is 35.8 Å². The zero-order valence-electron chi connectivity index (χ0n) is 11.0. The summed E-state index contributed by atoms with van der Waals surface area (Å²) in [6, 6.07) is 5.15. The highest BCUT2D eigenvalue weighted by molar-refractivity contribution is 9.09.